The zero-order valence-corrected chi connectivity index (χ0v) is 12.2. The average molecular weight is 261 g/mol. The molecule has 0 radical (unpaired) electrons. The standard InChI is InChI=1S/C16H23NO2/c1-6-11(3)15(16(18)19-7-2)17-14-9-8-12(4)13(5)10-14/h6,8-11,15,17H,1,7H2,2-5H3/t11-,15+/m0/s1. The zero-order valence-electron chi connectivity index (χ0n) is 12.2. The van der Waals surface area contributed by atoms with E-state index in [9.17, 15) is 4.79 Å². The molecule has 19 heavy (non-hydrogen) atoms. The number of rotatable bonds is 6. The summed E-state index contributed by atoms with van der Waals surface area (Å²) in [5.74, 6) is -0.242. The van der Waals surface area contributed by atoms with Crippen LogP contribution >= 0.6 is 0 Å². The minimum Gasteiger partial charge on any atom is -0.464 e. The van der Waals surface area contributed by atoms with E-state index in [1.165, 1.54) is 11.1 Å². The Morgan fingerprint density at radius 2 is 2.11 bits per heavy atom. The number of hydrogen-bond acceptors (Lipinski definition) is 3. The summed E-state index contributed by atoms with van der Waals surface area (Å²) in [4.78, 5) is 12.0. The van der Waals surface area contributed by atoms with Gasteiger partial charge in [0.1, 0.15) is 6.04 Å². The van der Waals surface area contributed by atoms with Crippen LogP contribution in [0.2, 0.25) is 0 Å². The summed E-state index contributed by atoms with van der Waals surface area (Å²) in [6.07, 6.45) is 1.76. The Labute approximate surface area is 115 Å². The van der Waals surface area contributed by atoms with Gasteiger partial charge in [-0.25, -0.2) is 4.79 Å². The zero-order chi connectivity index (χ0) is 14.4. The maximum absolute atomic E-state index is 12.0. The largest absolute Gasteiger partial charge is 0.464 e. The summed E-state index contributed by atoms with van der Waals surface area (Å²) in [5.41, 5.74) is 3.35. The SMILES string of the molecule is C=C[C@H](C)[C@@H](Nc1ccc(C)c(C)c1)C(=O)OCC. The van der Waals surface area contributed by atoms with E-state index in [0.717, 1.165) is 5.69 Å². The molecule has 1 N–H and O–H groups in total. The highest BCUT2D eigenvalue weighted by atomic mass is 16.5. The molecule has 3 nitrogen and oxygen atoms in total. The van der Waals surface area contributed by atoms with Crippen molar-refractivity contribution in [3.8, 4) is 0 Å². The predicted molar refractivity (Wildman–Crippen MR) is 79.3 cm³/mol. The van der Waals surface area contributed by atoms with E-state index in [1.807, 2.05) is 32.0 Å². The van der Waals surface area contributed by atoms with Crippen molar-refractivity contribution in [1.82, 2.24) is 0 Å². The molecule has 104 valence electrons. The maximum Gasteiger partial charge on any atom is 0.329 e. The smallest absolute Gasteiger partial charge is 0.329 e. The summed E-state index contributed by atoms with van der Waals surface area (Å²) in [6.45, 7) is 12.0. The van der Waals surface area contributed by atoms with Crippen molar-refractivity contribution in [1.29, 1.82) is 0 Å². The second-order valence-electron chi connectivity index (χ2n) is 4.77. The first-order chi connectivity index (χ1) is 8.99. The average Bonchev–Trinajstić information content (AvgIpc) is 2.39. The first-order valence-electron chi connectivity index (χ1n) is 6.62. The van der Waals surface area contributed by atoms with E-state index in [-0.39, 0.29) is 11.9 Å². The molecular weight excluding hydrogens is 238 g/mol. The molecule has 0 spiro atoms. The fourth-order valence-corrected chi connectivity index (χ4v) is 1.78. The molecule has 1 aromatic carbocycles. The number of benzene rings is 1. The van der Waals surface area contributed by atoms with Crippen LogP contribution in [0.5, 0.6) is 0 Å². The fourth-order valence-electron chi connectivity index (χ4n) is 1.78. The van der Waals surface area contributed by atoms with Gasteiger partial charge in [-0.05, 0) is 44.0 Å². The van der Waals surface area contributed by atoms with Gasteiger partial charge in [-0.15, -0.1) is 6.58 Å². The molecule has 0 amide bonds. The van der Waals surface area contributed by atoms with Crippen LogP contribution in [0.1, 0.15) is 25.0 Å². The number of ether oxygens (including phenoxy) is 1. The van der Waals surface area contributed by atoms with Gasteiger partial charge in [-0.1, -0.05) is 19.1 Å². The van der Waals surface area contributed by atoms with Gasteiger partial charge in [0.15, 0.2) is 0 Å². The van der Waals surface area contributed by atoms with Crippen LogP contribution in [-0.2, 0) is 9.53 Å². The number of carbonyl (C=O) groups is 1. The summed E-state index contributed by atoms with van der Waals surface area (Å²) < 4.78 is 5.10. The first kappa shape index (κ1) is 15.3. The predicted octanol–water partition coefficient (Wildman–Crippen LogP) is 3.47. The molecule has 0 aliphatic carbocycles. The van der Waals surface area contributed by atoms with Gasteiger partial charge in [-0.2, -0.15) is 0 Å². The molecule has 0 unspecified atom stereocenters. The number of hydrogen-bond donors (Lipinski definition) is 1. The van der Waals surface area contributed by atoms with Crippen LogP contribution in [0.25, 0.3) is 0 Å². The quantitative estimate of drug-likeness (QED) is 0.629. The van der Waals surface area contributed by atoms with Gasteiger partial charge in [0.05, 0.1) is 6.61 Å². The van der Waals surface area contributed by atoms with Crippen molar-refractivity contribution in [3.63, 3.8) is 0 Å². The lowest BCUT2D eigenvalue weighted by Crippen LogP contribution is -2.36. The first-order valence-corrected chi connectivity index (χ1v) is 6.62. The molecule has 0 heterocycles. The van der Waals surface area contributed by atoms with Crippen LogP contribution in [-0.4, -0.2) is 18.6 Å². The number of anilines is 1. The second-order valence-corrected chi connectivity index (χ2v) is 4.77. The molecule has 1 aromatic rings. The van der Waals surface area contributed by atoms with E-state index < -0.39 is 6.04 Å². The molecule has 0 fully saturated rings. The van der Waals surface area contributed by atoms with Crippen molar-refractivity contribution >= 4 is 11.7 Å². The molecule has 0 aliphatic heterocycles. The van der Waals surface area contributed by atoms with Crippen molar-refractivity contribution in [2.75, 3.05) is 11.9 Å². The Kier molecular flexibility index (Phi) is 5.61. The highest BCUT2D eigenvalue weighted by molar-refractivity contribution is 5.80. The lowest BCUT2D eigenvalue weighted by atomic mass is 10.0. The van der Waals surface area contributed by atoms with E-state index in [0.29, 0.717) is 6.61 Å². The molecule has 0 bridgehead atoms. The summed E-state index contributed by atoms with van der Waals surface area (Å²) in [5, 5.41) is 3.24. The molecule has 1 rings (SSSR count). The lowest BCUT2D eigenvalue weighted by molar-refractivity contribution is -0.144. The maximum atomic E-state index is 12.0. The van der Waals surface area contributed by atoms with Crippen LogP contribution in [0, 0.1) is 19.8 Å². The van der Waals surface area contributed by atoms with Gasteiger partial charge in [0.2, 0.25) is 0 Å². The lowest BCUT2D eigenvalue weighted by Gasteiger charge is -2.22. The molecule has 2 atom stereocenters. The van der Waals surface area contributed by atoms with E-state index in [1.54, 1.807) is 6.08 Å². The third kappa shape index (κ3) is 4.12. The van der Waals surface area contributed by atoms with Gasteiger partial charge >= 0.3 is 5.97 Å². The Bertz CT molecular complexity index is 454. The topological polar surface area (TPSA) is 38.3 Å². The van der Waals surface area contributed by atoms with Crippen molar-refractivity contribution in [2.24, 2.45) is 5.92 Å². The number of aryl methyl sites for hydroxylation is 2. The number of esters is 1. The molecule has 0 aliphatic rings. The Hall–Kier alpha value is -1.77. The van der Waals surface area contributed by atoms with Gasteiger partial charge in [-0.3, -0.25) is 0 Å². The van der Waals surface area contributed by atoms with E-state index >= 15 is 0 Å². The van der Waals surface area contributed by atoms with Crippen LogP contribution < -0.4 is 5.32 Å². The molecule has 3 heteroatoms. The monoisotopic (exact) mass is 261 g/mol. The molecule has 0 aromatic heterocycles. The number of carbonyl (C=O) groups excluding carboxylic acids is 1. The van der Waals surface area contributed by atoms with Crippen LogP contribution in [0.15, 0.2) is 30.9 Å². The molecule has 0 saturated carbocycles. The van der Waals surface area contributed by atoms with Gasteiger partial charge in [0, 0.05) is 11.6 Å². The Balaban J connectivity index is 2.90. The number of nitrogens with one attached hydrogen (secondary N) is 1. The normalized spacial score (nSPS) is 13.5. The fraction of sp³-hybridized carbons (Fsp3) is 0.438. The summed E-state index contributed by atoms with van der Waals surface area (Å²) in [7, 11) is 0. The highest BCUT2D eigenvalue weighted by Crippen LogP contribution is 2.18. The summed E-state index contributed by atoms with van der Waals surface area (Å²) >= 11 is 0. The molecular formula is C16H23NO2. The van der Waals surface area contributed by atoms with Gasteiger partial charge in [0.25, 0.3) is 0 Å². The van der Waals surface area contributed by atoms with Crippen LogP contribution in [0.3, 0.4) is 0 Å². The summed E-state index contributed by atoms with van der Waals surface area (Å²) in [6, 6.07) is 5.65. The molecule has 0 saturated heterocycles. The van der Waals surface area contributed by atoms with Crippen molar-refractivity contribution < 1.29 is 9.53 Å². The van der Waals surface area contributed by atoms with Crippen LogP contribution in [0.4, 0.5) is 5.69 Å². The Morgan fingerprint density at radius 3 is 2.63 bits per heavy atom. The minimum absolute atomic E-state index is 0.000610. The van der Waals surface area contributed by atoms with Crippen molar-refractivity contribution in [2.45, 2.75) is 33.7 Å². The second kappa shape index (κ2) is 6.98. The van der Waals surface area contributed by atoms with E-state index in [4.69, 9.17) is 4.74 Å². The third-order valence-electron chi connectivity index (χ3n) is 3.27. The minimum atomic E-state index is -0.403. The third-order valence-corrected chi connectivity index (χ3v) is 3.27. The van der Waals surface area contributed by atoms with E-state index in [2.05, 4.69) is 25.7 Å². The van der Waals surface area contributed by atoms with Gasteiger partial charge < -0.3 is 10.1 Å². The van der Waals surface area contributed by atoms with Crippen molar-refractivity contribution in [3.05, 3.63) is 42.0 Å². The Morgan fingerprint density at radius 1 is 1.42 bits per heavy atom. The highest BCUT2D eigenvalue weighted by Gasteiger charge is 2.24.